The van der Waals surface area contributed by atoms with Crippen molar-refractivity contribution in [2.75, 3.05) is 14.1 Å². The van der Waals surface area contributed by atoms with Crippen LogP contribution in [0.3, 0.4) is 0 Å². The van der Waals surface area contributed by atoms with Crippen molar-refractivity contribution in [3.8, 4) is 5.75 Å². The largest absolute Gasteiger partial charge is 0.507 e. The van der Waals surface area contributed by atoms with Crippen molar-refractivity contribution < 1.29 is 9.50 Å². The molecule has 1 atom stereocenters. The molecule has 3 N–H and O–H groups in total. The number of phenolic OH excluding ortho intramolecular Hbond substituents is 1. The van der Waals surface area contributed by atoms with E-state index in [2.05, 4.69) is 0 Å². The summed E-state index contributed by atoms with van der Waals surface area (Å²) in [5.41, 5.74) is 6.82. The third-order valence-corrected chi connectivity index (χ3v) is 2.26. The van der Waals surface area contributed by atoms with Gasteiger partial charge in [0.1, 0.15) is 11.6 Å². The van der Waals surface area contributed by atoms with Crippen LogP contribution < -0.4 is 5.73 Å². The van der Waals surface area contributed by atoms with Crippen molar-refractivity contribution in [1.29, 1.82) is 0 Å². The van der Waals surface area contributed by atoms with E-state index in [9.17, 15) is 9.50 Å². The van der Waals surface area contributed by atoms with Gasteiger partial charge in [-0.3, -0.25) is 0 Å². The summed E-state index contributed by atoms with van der Waals surface area (Å²) in [6, 6.07) is 2.61. The number of halogens is 1. The van der Waals surface area contributed by atoms with E-state index in [0.29, 0.717) is 24.1 Å². The number of nitrogens with zero attached hydrogens (tertiary/aromatic N) is 1. The minimum Gasteiger partial charge on any atom is -0.507 e. The first-order valence-corrected chi connectivity index (χ1v) is 5.30. The van der Waals surface area contributed by atoms with Crippen LogP contribution in [-0.4, -0.2) is 30.1 Å². The first-order chi connectivity index (χ1) is 7.40. The van der Waals surface area contributed by atoms with E-state index in [1.165, 1.54) is 12.1 Å². The molecule has 1 aromatic carbocycles. The lowest BCUT2D eigenvalue weighted by atomic mass is 10.0. The number of nitrogens with two attached hydrogens (primary N) is 1. The molecule has 1 rings (SSSR count). The summed E-state index contributed by atoms with van der Waals surface area (Å²) in [6.07, 6.45) is 0.476. The lowest BCUT2D eigenvalue weighted by molar-refractivity contribution is 0.382. The van der Waals surface area contributed by atoms with E-state index in [-0.39, 0.29) is 17.6 Å². The Bertz CT molecular complexity index is 333. The van der Waals surface area contributed by atoms with Crippen LogP contribution in [0, 0.1) is 5.82 Å². The second-order valence-corrected chi connectivity index (χ2v) is 4.49. The number of benzene rings is 1. The van der Waals surface area contributed by atoms with Crippen LogP contribution in [0.4, 0.5) is 4.39 Å². The maximum absolute atomic E-state index is 13.3. The van der Waals surface area contributed by atoms with Gasteiger partial charge in [0.05, 0.1) is 0 Å². The maximum atomic E-state index is 13.3. The molecule has 0 aliphatic carbocycles. The molecule has 0 radical (unpaired) electrons. The minimum atomic E-state index is -0.328. The Balaban J connectivity index is 3.05. The molecule has 0 heterocycles. The van der Waals surface area contributed by atoms with Gasteiger partial charge in [-0.1, -0.05) is 0 Å². The Morgan fingerprint density at radius 2 is 1.94 bits per heavy atom. The normalized spacial score (nSPS) is 13.1. The van der Waals surface area contributed by atoms with Crippen molar-refractivity contribution in [1.82, 2.24) is 4.90 Å². The molecule has 1 unspecified atom stereocenters. The van der Waals surface area contributed by atoms with Crippen LogP contribution in [0.15, 0.2) is 12.1 Å². The van der Waals surface area contributed by atoms with Gasteiger partial charge in [0.15, 0.2) is 0 Å². The van der Waals surface area contributed by atoms with Gasteiger partial charge in [0, 0.05) is 18.2 Å². The average molecular weight is 226 g/mol. The second kappa shape index (κ2) is 5.27. The first kappa shape index (κ1) is 12.9. The van der Waals surface area contributed by atoms with Crippen LogP contribution >= 0.6 is 0 Å². The molecule has 3 nitrogen and oxygen atoms in total. The summed E-state index contributed by atoms with van der Waals surface area (Å²) in [5, 5.41) is 9.96. The number of phenols is 1. The number of rotatable bonds is 4. The Labute approximate surface area is 95.7 Å². The van der Waals surface area contributed by atoms with E-state index in [0.717, 1.165) is 0 Å². The Kier molecular flexibility index (Phi) is 4.26. The molecule has 0 aromatic heterocycles. The fourth-order valence-corrected chi connectivity index (χ4v) is 1.68. The summed E-state index contributed by atoms with van der Waals surface area (Å²) in [7, 11) is 3.74. The molecule has 0 spiro atoms. The molecule has 0 fully saturated rings. The molecule has 0 aliphatic rings. The van der Waals surface area contributed by atoms with E-state index in [1.807, 2.05) is 25.9 Å². The molecule has 4 heteroatoms. The van der Waals surface area contributed by atoms with Crippen LogP contribution in [0.5, 0.6) is 5.75 Å². The van der Waals surface area contributed by atoms with Gasteiger partial charge in [-0.15, -0.1) is 0 Å². The van der Waals surface area contributed by atoms with Crippen LogP contribution in [0.25, 0.3) is 0 Å². The lowest BCUT2D eigenvalue weighted by Crippen LogP contribution is -2.18. The predicted molar refractivity (Wildman–Crippen MR) is 62.8 cm³/mol. The Morgan fingerprint density at radius 3 is 2.44 bits per heavy atom. The van der Waals surface area contributed by atoms with Crippen molar-refractivity contribution in [2.45, 2.75) is 25.9 Å². The van der Waals surface area contributed by atoms with Gasteiger partial charge in [-0.25, -0.2) is 4.39 Å². The Hall–Kier alpha value is -1.13. The van der Waals surface area contributed by atoms with Crippen LogP contribution in [-0.2, 0) is 13.0 Å². The monoisotopic (exact) mass is 226 g/mol. The van der Waals surface area contributed by atoms with E-state index >= 15 is 0 Å². The number of hydrogen-bond acceptors (Lipinski definition) is 3. The molecule has 0 bridgehead atoms. The molecular formula is C12H19FN2O. The molecule has 0 amide bonds. The summed E-state index contributed by atoms with van der Waals surface area (Å²) in [4.78, 5) is 1.88. The SMILES string of the molecule is CC(N)Cc1cc(F)cc(CN(C)C)c1O. The molecule has 0 saturated heterocycles. The summed E-state index contributed by atoms with van der Waals surface area (Å²) in [5.74, 6) is -0.169. The van der Waals surface area contributed by atoms with Gasteiger partial charge >= 0.3 is 0 Å². The highest BCUT2D eigenvalue weighted by atomic mass is 19.1. The van der Waals surface area contributed by atoms with Crippen molar-refractivity contribution in [3.05, 3.63) is 29.1 Å². The number of hydrogen-bond donors (Lipinski definition) is 2. The minimum absolute atomic E-state index is 0.0973. The maximum Gasteiger partial charge on any atom is 0.124 e. The zero-order valence-electron chi connectivity index (χ0n) is 10.00. The van der Waals surface area contributed by atoms with Crippen LogP contribution in [0.2, 0.25) is 0 Å². The van der Waals surface area contributed by atoms with Gasteiger partial charge in [0.2, 0.25) is 0 Å². The van der Waals surface area contributed by atoms with Gasteiger partial charge in [-0.2, -0.15) is 0 Å². The predicted octanol–water partition coefficient (Wildman–Crippen LogP) is 1.48. The highest BCUT2D eigenvalue weighted by Gasteiger charge is 2.12. The van der Waals surface area contributed by atoms with E-state index in [1.54, 1.807) is 0 Å². The third-order valence-electron chi connectivity index (χ3n) is 2.26. The summed E-state index contributed by atoms with van der Waals surface area (Å²) in [6.45, 7) is 2.34. The van der Waals surface area contributed by atoms with Gasteiger partial charge < -0.3 is 15.7 Å². The molecule has 1 aromatic rings. The first-order valence-electron chi connectivity index (χ1n) is 5.30. The highest BCUT2D eigenvalue weighted by molar-refractivity contribution is 5.41. The second-order valence-electron chi connectivity index (χ2n) is 4.49. The zero-order chi connectivity index (χ0) is 12.3. The summed E-state index contributed by atoms with van der Waals surface area (Å²) < 4.78 is 13.3. The highest BCUT2D eigenvalue weighted by Crippen LogP contribution is 2.26. The number of aromatic hydroxyl groups is 1. The third kappa shape index (κ3) is 3.47. The van der Waals surface area contributed by atoms with Crippen LogP contribution in [0.1, 0.15) is 18.1 Å². The standard InChI is InChI=1S/C12H19FN2O/c1-8(14)4-9-5-11(13)6-10(12(9)16)7-15(2)3/h5-6,8,16H,4,7,14H2,1-3H3. The fraction of sp³-hybridized carbons (Fsp3) is 0.500. The molecular weight excluding hydrogens is 207 g/mol. The van der Waals surface area contributed by atoms with Gasteiger partial charge in [0.25, 0.3) is 0 Å². The molecule has 16 heavy (non-hydrogen) atoms. The summed E-state index contributed by atoms with van der Waals surface area (Å²) >= 11 is 0. The quantitative estimate of drug-likeness (QED) is 0.817. The topological polar surface area (TPSA) is 49.5 Å². The zero-order valence-corrected chi connectivity index (χ0v) is 10.00. The van der Waals surface area contributed by atoms with Crippen molar-refractivity contribution >= 4 is 0 Å². The molecule has 0 saturated carbocycles. The van der Waals surface area contributed by atoms with Crippen molar-refractivity contribution in [2.24, 2.45) is 5.73 Å². The molecule has 0 aliphatic heterocycles. The molecule has 90 valence electrons. The fourth-order valence-electron chi connectivity index (χ4n) is 1.68. The Morgan fingerprint density at radius 1 is 1.38 bits per heavy atom. The van der Waals surface area contributed by atoms with E-state index in [4.69, 9.17) is 5.73 Å². The smallest absolute Gasteiger partial charge is 0.124 e. The van der Waals surface area contributed by atoms with E-state index < -0.39 is 0 Å². The lowest BCUT2D eigenvalue weighted by Gasteiger charge is -2.15. The van der Waals surface area contributed by atoms with Crippen molar-refractivity contribution in [3.63, 3.8) is 0 Å². The van der Waals surface area contributed by atoms with Gasteiger partial charge in [-0.05, 0) is 45.1 Å². The average Bonchev–Trinajstić information content (AvgIpc) is 2.11.